The number of rotatable bonds is 3. The van der Waals surface area contributed by atoms with Gasteiger partial charge in [0.25, 0.3) is 0 Å². The van der Waals surface area contributed by atoms with Crippen molar-refractivity contribution in [3.8, 4) is 0 Å². The summed E-state index contributed by atoms with van der Waals surface area (Å²) < 4.78 is 1.95. The van der Waals surface area contributed by atoms with Crippen LogP contribution < -0.4 is 0 Å². The van der Waals surface area contributed by atoms with E-state index in [1.54, 1.807) is 18.3 Å². The van der Waals surface area contributed by atoms with Crippen LogP contribution in [0.5, 0.6) is 0 Å². The van der Waals surface area contributed by atoms with Crippen LogP contribution in [0.3, 0.4) is 0 Å². The first-order chi connectivity index (χ1) is 13.8. The largest absolute Gasteiger partial charge is 0.329 e. The summed E-state index contributed by atoms with van der Waals surface area (Å²) in [6, 6.07) is 13.4. The van der Waals surface area contributed by atoms with E-state index in [0.717, 1.165) is 35.3 Å². The van der Waals surface area contributed by atoms with E-state index < -0.39 is 0 Å². The van der Waals surface area contributed by atoms with Crippen LogP contribution in [0.15, 0.2) is 60.9 Å². The van der Waals surface area contributed by atoms with Gasteiger partial charge in [-0.2, -0.15) is 0 Å². The number of carbonyl (C=O) groups excluding carboxylic acids is 1. The van der Waals surface area contributed by atoms with Gasteiger partial charge in [-0.25, -0.2) is 4.98 Å². The van der Waals surface area contributed by atoms with E-state index in [4.69, 9.17) is 0 Å². The molecule has 4 aromatic rings. The summed E-state index contributed by atoms with van der Waals surface area (Å²) in [4.78, 5) is 23.6. The highest BCUT2D eigenvalue weighted by atomic mass is 16.2. The molecule has 28 heavy (non-hydrogen) atoms. The number of hydrogen-bond donors (Lipinski definition) is 0. The van der Waals surface area contributed by atoms with E-state index in [1.807, 2.05) is 58.0 Å². The minimum absolute atomic E-state index is 0.0508. The average Bonchev–Trinajstić information content (AvgIpc) is 3.38. The minimum atomic E-state index is -0.0720. The van der Waals surface area contributed by atoms with Gasteiger partial charge in [-0.05, 0) is 43.2 Å². The van der Waals surface area contributed by atoms with Crippen molar-refractivity contribution in [1.29, 1.82) is 0 Å². The second-order valence-electron chi connectivity index (χ2n) is 6.79. The third-order valence-electron chi connectivity index (χ3n) is 5.04. The Morgan fingerprint density at radius 1 is 1.07 bits per heavy atom. The van der Waals surface area contributed by atoms with E-state index in [-0.39, 0.29) is 11.9 Å². The molecular formula is C21H18N6O. The predicted octanol–water partition coefficient (Wildman–Crippen LogP) is 3.05. The van der Waals surface area contributed by atoms with Gasteiger partial charge in [0.1, 0.15) is 0 Å². The van der Waals surface area contributed by atoms with Gasteiger partial charge in [-0.1, -0.05) is 18.2 Å². The van der Waals surface area contributed by atoms with Crippen LogP contribution in [0.2, 0.25) is 0 Å². The fourth-order valence-electron chi connectivity index (χ4n) is 3.69. The molecule has 4 heterocycles. The van der Waals surface area contributed by atoms with Crippen LogP contribution in [0.25, 0.3) is 22.8 Å². The molecule has 0 bridgehead atoms. The van der Waals surface area contributed by atoms with Crippen molar-refractivity contribution in [3.63, 3.8) is 0 Å². The number of hydrogen-bond acceptors (Lipinski definition) is 5. The molecule has 7 heteroatoms. The van der Waals surface area contributed by atoms with Gasteiger partial charge in [0.2, 0.25) is 5.91 Å². The maximum atomic E-state index is 12.9. The molecule has 138 valence electrons. The molecule has 0 aliphatic carbocycles. The van der Waals surface area contributed by atoms with Crippen LogP contribution >= 0.6 is 0 Å². The quantitative estimate of drug-likeness (QED) is 0.518. The van der Waals surface area contributed by atoms with Crippen LogP contribution in [-0.2, 0) is 4.79 Å². The highest BCUT2D eigenvalue weighted by Crippen LogP contribution is 2.31. The monoisotopic (exact) mass is 370 g/mol. The summed E-state index contributed by atoms with van der Waals surface area (Å²) in [6.45, 7) is 0.707. The van der Waals surface area contributed by atoms with Crippen molar-refractivity contribution in [3.05, 3.63) is 72.5 Å². The number of fused-ring (bicyclic) bond motifs is 2. The van der Waals surface area contributed by atoms with Crippen molar-refractivity contribution in [2.45, 2.75) is 18.9 Å². The summed E-state index contributed by atoms with van der Waals surface area (Å²) in [6.07, 6.45) is 8.73. The Morgan fingerprint density at radius 3 is 2.86 bits per heavy atom. The first-order valence-corrected chi connectivity index (χ1v) is 9.30. The van der Waals surface area contributed by atoms with Crippen molar-refractivity contribution in [1.82, 2.24) is 29.5 Å². The van der Waals surface area contributed by atoms with Gasteiger partial charge in [0.05, 0.1) is 29.0 Å². The molecule has 7 nitrogen and oxygen atoms in total. The van der Waals surface area contributed by atoms with Crippen molar-refractivity contribution >= 4 is 28.7 Å². The molecule has 0 spiro atoms. The Bertz CT molecular complexity index is 1200. The number of benzene rings is 1. The Balaban J connectivity index is 1.39. The second-order valence-corrected chi connectivity index (χ2v) is 6.79. The molecule has 1 unspecified atom stereocenters. The maximum Gasteiger partial charge on any atom is 0.247 e. The molecule has 1 aliphatic heterocycles. The zero-order valence-corrected chi connectivity index (χ0v) is 15.1. The first-order valence-electron chi connectivity index (χ1n) is 9.30. The van der Waals surface area contributed by atoms with Crippen LogP contribution in [0.4, 0.5) is 0 Å². The lowest BCUT2D eigenvalue weighted by atomic mass is 10.2. The topological polar surface area (TPSA) is 76.3 Å². The molecule has 5 rings (SSSR count). The summed E-state index contributed by atoms with van der Waals surface area (Å²) in [5.41, 5.74) is 3.10. The molecule has 3 aromatic heterocycles. The third kappa shape index (κ3) is 2.90. The normalized spacial score (nSPS) is 17.1. The predicted molar refractivity (Wildman–Crippen MR) is 105 cm³/mol. The maximum absolute atomic E-state index is 12.9. The van der Waals surface area contributed by atoms with Crippen molar-refractivity contribution in [2.75, 3.05) is 6.54 Å². The third-order valence-corrected chi connectivity index (χ3v) is 5.04. The number of pyridine rings is 1. The van der Waals surface area contributed by atoms with Crippen LogP contribution in [0.1, 0.15) is 30.4 Å². The van der Waals surface area contributed by atoms with Gasteiger partial charge in [-0.15, -0.1) is 10.2 Å². The molecular weight excluding hydrogens is 352 g/mol. The number of para-hydroxylation sites is 2. The zero-order valence-electron chi connectivity index (χ0n) is 15.1. The summed E-state index contributed by atoms with van der Waals surface area (Å²) in [5, 5.41) is 8.55. The lowest BCUT2D eigenvalue weighted by Crippen LogP contribution is -2.30. The zero-order chi connectivity index (χ0) is 18.9. The van der Waals surface area contributed by atoms with Crippen molar-refractivity contribution < 1.29 is 4.79 Å². The molecule has 0 saturated carbocycles. The van der Waals surface area contributed by atoms with Gasteiger partial charge < -0.3 is 4.90 Å². The second kappa shape index (κ2) is 6.84. The summed E-state index contributed by atoms with van der Waals surface area (Å²) >= 11 is 0. The van der Waals surface area contributed by atoms with E-state index in [1.165, 1.54) is 0 Å². The fourth-order valence-corrected chi connectivity index (χ4v) is 3.69. The lowest BCUT2D eigenvalue weighted by molar-refractivity contribution is -0.127. The lowest BCUT2D eigenvalue weighted by Gasteiger charge is -2.22. The Kier molecular flexibility index (Phi) is 4.05. The fraction of sp³-hybridized carbons (Fsp3) is 0.190. The summed E-state index contributed by atoms with van der Waals surface area (Å²) in [7, 11) is 0. The van der Waals surface area contributed by atoms with Crippen molar-refractivity contribution in [2.24, 2.45) is 0 Å². The van der Waals surface area contributed by atoms with E-state index >= 15 is 0 Å². The molecule has 1 aliphatic rings. The molecule has 1 aromatic carbocycles. The Hall–Kier alpha value is -3.61. The number of carbonyl (C=O) groups is 1. The molecule has 1 saturated heterocycles. The Morgan fingerprint density at radius 2 is 1.93 bits per heavy atom. The number of aromatic nitrogens is 5. The van der Waals surface area contributed by atoms with E-state index in [2.05, 4.69) is 20.2 Å². The smallest absolute Gasteiger partial charge is 0.247 e. The van der Waals surface area contributed by atoms with Crippen LogP contribution in [-0.4, -0.2) is 41.9 Å². The van der Waals surface area contributed by atoms with Crippen LogP contribution in [0, 0.1) is 0 Å². The van der Waals surface area contributed by atoms with Gasteiger partial charge in [0.15, 0.2) is 11.5 Å². The average molecular weight is 370 g/mol. The molecule has 0 N–H and O–H groups in total. The molecule has 1 fully saturated rings. The first kappa shape index (κ1) is 16.6. The molecule has 0 radical (unpaired) electrons. The van der Waals surface area contributed by atoms with Gasteiger partial charge >= 0.3 is 0 Å². The standard InChI is InChI=1S/C21H18N6O/c28-20(11-10-15-14-22-16-6-1-2-7-17(16)23-15)26-13-5-8-18(26)21-25-24-19-9-3-4-12-27(19)21/h1-4,6-7,9-12,14,18H,5,8,13H2/b11-10+. The number of amides is 1. The highest BCUT2D eigenvalue weighted by molar-refractivity contribution is 5.92. The van der Waals surface area contributed by atoms with E-state index in [0.29, 0.717) is 12.2 Å². The molecule has 1 atom stereocenters. The Labute approximate surface area is 161 Å². The highest BCUT2D eigenvalue weighted by Gasteiger charge is 2.32. The SMILES string of the molecule is O=C(/C=C/c1cnc2ccccc2n1)N1CCCC1c1nnc2ccccn12. The van der Waals surface area contributed by atoms with E-state index in [9.17, 15) is 4.79 Å². The van der Waals surface area contributed by atoms with Gasteiger partial charge in [0, 0.05) is 18.8 Å². The minimum Gasteiger partial charge on any atom is -0.329 e. The number of nitrogens with zero attached hydrogens (tertiary/aromatic N) is 6. The molecule has 1 amide bonds. The number of likely N-dealkylation sites (tertiary alicyclic amines) is 1. The summed E-state index contributed by atoms with van der Waals surface area (Å²) in [5.74, 6) is 0.755. The van der Waals surface area contributed by atoms with Gasteiger partial charge in [-0.3, -0.25) is 14.2 Å².